The molecular weight excluding hydrogens is 373 g/mol. The van der Waals surface area contributed by atoms with Crippen molar-refractivity contribution in [2.75, 3.05) is 11.4 Å². The number of rotatable bonds is 8. The standard InChI is InChI=1S/C24H32F3N2/c1-28-16-9-15-23(19-28)29(22-14-8-13-21(18-22)24(25,26)27)17-7-3-6-12-20-10-4-2-5-11-20/h8-9,13-16,18-20H,2-7,10-12,17H2,1H3/q+1. The highest BCUT2D eigenvalue weighted by molar-refractivity contribution is 5.62. The average Bonchev–Trinajstić information content (AvgIpc) is 2.71. The van der Waals surface area contributed by atoms with Gasteiger partial charge in [-0.3, -0.25) is 0 Å². The molecule has 1 aliphatic carbocycles. The van der Waals surface area contributed by atoms with Crippen molar-refractivity contribution in [1.29, 1.82) is 0 Å². The van der Waals surface area contributed by atoms with E-state index >= 15 is 0 Å². The number of hydrogen-bond acceptors (Lipinski definition) is 1. The van der Waals surface area contributed by atoms with Crippen LogP contribution in [0, 0.1) is 5.92 Å². The lowest BCUT2D eigenvalue weighted by Gasteiger charge is -2.25. The molecule has 1 heterocycles. The first-order valence-electron chi connectivity index (χ1n) is 10.8. The zero-order chi connectivity index (χ0) is 20.7. The summed E-state index contributed by atoms with van der Waals surface area (Å²) in [5.41, 5.74) is 0.914. The summed E-state index contributed by atoms with van der Waals surface area (Å²) >= 11 is 0. The predicted octanol–water partition coefficient (Wildman–Crippen LogP) is 6.81. The topological polar surface area (TPSA) is 7.12 Å². The van der Waals surface area contributed by atoms with Crippen molar-refractivity contribution in [3.05, 3.63) is 54.4 Å². The second-order valence-electron chi connectivity index (χ2n) is 8.28. The molecule has 0 saturated heterocycles. The minimum absolute atomic E-state index is 0.596. The molecule has 5 heteroatoms. The molecule has 158 valence electrons. The first-order chi connectivity index (χ1) is 13.9. The summed E-state index contributed by atoms with van der Waals surface area (Å²) in [5.74, 6) is 0.886. The second kappa shape index (κ2) is 10.1. The lowest BCUT2D eigenvalue weighted by molar-refractivity contribution is -0.670. The van der Waals surface area contributed by atoms with Crippen molar-refractivity contribution in [2.45, 2.75) is 64.0 Å². The van der Waals surface area contributed by atoms with Crippen molar-refractivity contribution < 1.29 is 17.7 Å². The van der Waals surface area contributed by atoms with Gasteiger partial charge < -0.3 is 4.90 Å². The summed E-state index contributed by atoms with van der Waals surface area (Å²) in [6.07, 6.45) is 11.0. The third-order valence-electron chi connectivity index (χ3n) is 5.94. The monoisotopic (exact) mass is 405 g/mol. The molecule has 2 aromatic rings. The van der Waals surface area contributed by atoms with Crippen LogP contribution in [0.3, 0.4) is 0 Å². The molecule has 1 aromatic carbocycles. The van der Waals surface area contributed by atoms with Crippen LogP contribution in [0.2, 0.25) is 0 Å². The number of benzene rings is 1. The maximum atomic E-state index is 13.2. The molecule has 0 radical (unpaired) electrons. The van der Waals surface area contributed by atoms with Crippen LogP contribution < -0.4 is 9.47 Å². The Bertz CT molecular complexity index is 767. The number of anilines is 2. The number of nitrogens with zero attached hydrogens (tertiary/aromatic N) is 2. The Morgan fingerprint density at radius 2 is 1.72 bits per heavy atom. The molecular formula is C24H32F3N2+. The molecule has 0 bridgehead atoms. The largest absolute Gasteiger partial charge is 0.416 e. The van der Waals surface area contributed by atoms with E-state index < -0.39 is 11.7 Å². The fourth-order valence-electron chi connectivity index (χ4n) is 4.34. The van der Waals surface area contributed by atoms with Gasteiger partial charge in [0, 0.05) is 18.3 Å². The van der Waals surface area contributed by atoms with Gasteiger partial charge >= 0.3 is 6.18 Å². The molecule has 2 nitrogen and oxygen atoms in total. The van der Waals surface area contributed by atoms with Gasteiger partial charge in [-0.1, -0.05) is 57.4 Å². The molecule has 1 aromatic heterocycles. The molecule has 0 amide bonds. The lowest BCUT2D eigenvalue weighted by Crippen LogP contribution is -2.29. The van der Waals surface area contributed by atoms with E-state index in [1.807, 2.05) is 41.0 Å². The predicted molar refractivity (Wildman–Crippen MR) is 111 cm³/mol. The van der Waals surface area contributed by atoms with Crippen molar-refractivity contribution in [3.63, 3.8) is 0 Å². The number of unbranched alkanes of at least 4 members (excludes halogenated alkanes) is 2. The first kappa shape index (κ1) is 21.7. The van der Waals surface area contributed by atoms with E-state index in [2.05, 4.69) is 0 Å². The van der Waals surface area contributed by atoms with E-state index in [-0.39, 0.29) is 0 Å². The van der Waals surface area contributed by atoms with Crippen molar-refractivity contribution in [2.24, 2.45) is 13.0 Å². The summed E-state index contributed by atoms with van der Waals surface area (Å²) in [5, 5.41) is 0. The van der Waals surface area contributed by atoms with Crippen LogP contribution in [0.4, 0.5) is 24.5 Å². The average molecular weight is 406 g/mol. The molecule has 1 saturated carbocycles. The zero-order valence-corrected chi connectivity index (χ0v) is 17.3. The molecule has 0 atom stereocenters. The third kappa shape index (κ3) is 6.48. The van der Waals surface area contributed by atoms with Gasteiger partial charge in [0.1, 0.15) is 12.7 Å². The summed E-state index contributed by atoms with van der Waals surface area (Å²) in [4.78, 5) is 2.01. The van der Waals surface area contributed by atoms with Crippen LogP contribution in [0.1, 0.15) is 63.4 Å². The Hall–Kier alpha value is -2.04. The molecule has 0 spiro atoms. The molecule has 3 rings (SSSR count). The number of aromatic nitrogens is 1. The van der Waals surface area contributed by atoms with Crippen LogP contribution in [-0.2, 0) is 13.2 Å². The van der Waals surface area contributed by atoms with Gasteiger partial charge in [-0.25, -0.2) is 4.57 Å². The molecule has 1 fully saturated rings. The fourth-order valence-corrected chi connectivity index (χ4v) is 4.34. The highest BCUT2D eigenvalue weighted by Gasteiger charge is 2.31. The molecule has 1 aliphatic rings. The van der Waals surface area contributed by atoms with Crippen molar-refractivity contribution >= 4 is 11.4 Å². The van der Waals surface area contributed by atoms with Gasteiger partial charge in [0.05, 0.1) is 5.56 Å². The summed E-state index contributed by atoms with van der Waals surface area (Å²) in [6, 6.07) is 9.55. The van der Waals surface area contributed by atoms with Gasteiger partial charge in [0.25, 0.3) is 0 Å². The molecule has 0 N–H and O–H groups in total. The molecule has 0 unspecified atom stereocenters. The number of pyridine rings is 1. The SMILES string of the molecule is C[n+]1cccc(N(CCCCCC2CCCCC2)c2cccc(C(F)(F)F)c2)c1. The van der Waals surface area contributed by atoms with Crippen LogP contribution in [0.15, 0.2) is 48.8 Å². The number of hydrogen-bond donors (Lipinski definition) is 0. The van der Waals surface area contributed by atoms with Gasteiger partial charge in [0.2, 0.25) is 0 Å². The number of aryl methyl sites for hydroxylation is 1. The van der Waals surface area contributed by atoms with E-state index in [4.69, 9.17) is 0 Å². The van der Waals surface area contributed by atoms with E-state index in [9.17, 15) is 13.2 Å². The Labute approximate surface area is 172 Å². The fraction of sp³-hybridized carbons (Fsp3) is 0.542. The maximum absolute atomic E-state index is 13.2. The van der Waals surface area contributed by atoms with Gasteiger partial charge in [0.15, 0.2) is 12.4 Å². The van der Waals surface area contributed by atoms with Crippen molar-refractivity contribution in [3.8, 4) is 0 Å². The number of halogens is 3. The maximum Gasteiger partial charge on any atom is 0.416 e. The Balaban J connectivity index is 1.66. The first-order valence-corrected chi connectivity index (χ1v) is 10.8. The van der Waals surface area contributed by atoms with Gasteiger partial charge in [-0.2, -0.15) is 13.2 Å². The Kier molecular flexibility index (Phi) is 7.57. The van der Waals surface area contributed by atoms with Gasteiger partial charge in [-0.05, 0) is 36.6 Å². The summed E-state index contributed by atoms with van der Waals surface area (Å²) < 4.78 is 41.5. The van der Waals surface area contributed by atoms with E-state index in [0.717, 1.165) is 37.1 Å². The Morgan fingerprint density at radius 1 is 0.966 bits per heavy atom. The molecule has 0 aliphatic heterocycles. The van der Waals surface area contributed by atoms with Gasteiger partial charge in [-0.15, -0.1) is 0 Å². The van der Waals surface area contributed by atoms with E-state index in [1.54, 1.807) is 6.07 Å². The Morgan fingerprint density at radius 3 is 2.45 bits per heavy atom. The zero-order valence-electron chi connectivity index (χ0n) is 17.3. The van der Waals surface area contributed by atoms with E-state index in [0.29, 0.717) is 5.69 Å². The van der Waals surface area contributed by atoms with Crippen molar-refractivity contribution in [1.82, 2.24) is 0 Å². The minimum Gasteiger partial charge on any atom is -0.337 e. The van der Waals surface area contributed by atoms with Crippen LogP contribution in [-0.4, -0.2) is 6.54 Å². The number of alkyl halides is 3. The van der Waals surface area contributed by atoms with Crippen LogP contribution in [0.5, 0.6) is 0 Å². The highest BCUT2D eigenvalue weighted by Crippen LogP contribution is 2.34. The van der Waals surface area contributed by atoms with E-state index in [1.165, 1.54) is 57.1 Å². The third-order valence-corrected chi connectivity index (χ3v) is 5.94. The quantitative estimate of drug-likeness (QED) is 0.346. The summed E-state index contributed by atoms with van der Waals surface area (Å²) in [6.45, 7) is 0.718. The van der Waals surface area contributed by atoms with Crippen LogP contribution in [0.25, 0.3) is 0 Å². The normalized spacial score (nSPS) is 15.4. The smallest absolute Gasteiger partial charge is 0.337 e. The highest BCUT2D eigenvalue weighted by atomic mass is 19.4. The lowest BCUT2D eigenvalue weighted by atomic mass is 9.85. The molecule has 29 heavy (non-hydrogen) atoms. The summed E-state index contributed by atoms with van der Waals surface area (Å²) in [7, 11) is 1.93. The second-order valence-corrected chi connectivity index (χ2v) is 8.28. The van der Waals surface area contributed by atoms with Crippen LogP contribution >= 0.6 is 0 Å². The minimum atomic E-state index is -4.33.